The summed E-state index contributed by atoms with van der Waals surface area (Å²) in [5, 5.41) is 50.4. The Balaban J connectivity index is 2.00. The molecule has 5 N–H and O–H groups in total. The second-order valence-electron chi connectivity index (χ2n) is 7.37. The van der Waals surface area contributed by atoms with Crippen molar-refractivity contribution in [3.05, 3.63) is 63.7 Å². The Bertz CT molecular complexity index is 840. The molecule has 2 aromatic rings. The molecule has 7 nitrogen and oxygen atoms in total. The molecule has 164 valence electrons. The highest BCUT2D eigenvalue weighted by molar-refractivity contribution is 6.31. The van der Waals surface area contributed by atoms with Gasteiger partial charge in [-0.1, -0.05) is 29.8 Å². The first kappa shape index (κ1) is 23.0. The molecule has 1 aliphatic rings. The Morgan fingerprint density at radius 3 is 2.33 bits per heavy atom. The molecule has 1 fully saturated rings. The summed E-state index contributed by atoms with van der Waals surface area (Å²) in [4.78, 5) is 0. The van der Waals surface area contributed by atoms with Gasteiger partial charge in [0.05, 0.1) is 13.2 Å². The Morgan fingerprint density at radius 1 is 1.00 bits per heavy atom. The Morgan fingerprint density at radius 2 is 1.70 bits per heavy atom. The second-order valence-corrected chi connectivity index (χ2v) is 7.78. The predicted molar refractivity (Wildman–Crippen MR) is 110 cm³/mol. The molecule has 0 amide bonds. The van der Waals surface area contributed by atoms with Gasteiger partial charge >= 0.3 is 0 Å². The van der Waals surface area contributed by atoms with E-state index in [4.69, 9.17) is 21.1 Å². The lowest BCUT2D eigenvalue weighted by Crippen LogP contribution is -2.55. The van der Waals surface area contributed by atoms with Gasteiger partial charge in [0.2, 0.25) is 0 Å². The van der Waals surface area contributed by atoms with Gasteiger partial charge < -0.3 is 35.0 Å². The van der Waals surface area contributed by atoms with Crippen LogP contribution in [0.1, 0.15) is 35.3 Å². The SMILES string of the molecule is CCOCc1cc(Cl)c(Cc2ccc(O)cc2)cc1[C@@H]1O[C@H](CO)[C@@H](O)[C@H](O)[C@H]1O. The molecule has 3 rings (SSSR count). The third-order valence-electron chi connectivity index (χ3n) is 5.30. The number of rotatable bonds is 7. The zero-order valence-electron chi connectivity index (χ0n) is 16.6. The van der Waals surface area contributed by atoms with Gasteiger partial charge in [-0.05, 0) is 53.8 Å². The van der Waals surface area contributed by atoms with Crippen LogP contribution in [-0.4, -0.2) is 63.2 Å². The average Bonchev–Trinajstić information content (AvgIpc) is 2.74. The van der Waals surface area contributed by atoms with E-state index in [1.807, 2.05) is 6.92 Å². The second kappa shape index (κ2) is 10.1. The summed E-state index contributed by atoms with van der Waals surface area (Å²) >= 11 is 6.51. The number of ether oxygens (including phenoxy) is 2. The van der Waals surface area contributed by atoms with Gasteiger partial charge in [0, 0.05) is 11.6 Å². The lowest BCUT2D eigenvalue weighted by Gasteiger charge is -2.41. The minimum Gasteiger partial charge on any atom is -0.508 e. The smallest absolute Gasteiger partial charge is 0.115 e. The summed E-state index contributed by atoms with van der Waals surface area (Å²) in [5.41, 5.74) is 2.93. The maximum atomic E-state index is 10.6. The van der Waals surface area contributed by atoms with Gasteiger partial charge in [-0.2, -0.15) is 0 Å². The Labute approximate surface area is 180 Å². The van der Waals surface area contributed by atoms with Crippen molar-refractivity contribution < 1.29 is 35.0 Å². The van der Waals surface area contributed by atoms with Crippen molar-refractivity contribution in [2.45, 2.75) is 50.5 Å². The number of phenolic OH excluding ortho intramolecular Hbond substituents is 1. The predicted octanol–water partition coefficient (Wildman–Crippen LogP) is 1.69. The maximum absolute atomic E-state index is 10.6. The van der Waals surface area contributed by atoms with Gasteiger partial charge in [0.1, 0.15) is 36.3 Å². The highest BCUT2D eigenvalue weighted by atomic mass is 35.5. The number of aliphatic hydroxyl groups is 4. The summed E-state index contributed by atoms with van der Waals surface area (Å²) in [6.07, 6.45) is -5.82. The third kappa shape index (κ3) is 4.95. The molecule has 5 atom stereocenters. The lowest BCUT2D eigenvalue weighted by molar-refractivity contribution is -0.232. The molecule has 0 radical (unpaired) electrons. The number of aliphatic hydroxyl groups excluding tert-OH is 4. The molecule has 0 aliphatic carbocycles. The maximum Gasteiger partial charge on any atom is 0.115 e. The molecule has 1 aliphatic heterocycles. The van der Waals surface area contributed by atoms with E-state index < -0.39 is 37.1 Å². The van der Waals surface area contributed by atoms with E-state index in [1.54, 1.807) is 36.4 Å². The van der Waals surface area contributed by atoms with E-state index in [9.17, 15) is 25.5 Å². The fourth-order valence-corrected chi connectivity index (χ4v) is 3.86. The van der Waals surface area contributed by atoms with Gasteiger partial charge in [-0.3, -0.25) is 0 Å². The van der Waals surface area contributed by atoms with E-state index in [2.05, 4.69) is 0 Å². The van der Waals surface area contributed by atoms with E-state index >= 15 is 0 Å². The topological polar surface area (TPSA) is 120 Å². The number of hydrogen-bond donors (Lipinski definition) is 5. The van der Waals surface area contributed by atoms with Crippen molar-refractivity contribution in [1.29, 1.82) is 0 Å². The average molecular weight is 439 g/mol. The largest absolute Gasteiger partial charge is 0.508 e. The zero-order chi connectivity index (χ0) is 21.8. The van der Waals surface area contributed by atoms with Crippen LogP contribution < -0.4 is 0 Å². The van der Waals surface area contributed by atoms with Crippen LogP contribution in [0.3, 0.4) is 0 Å². The van der Waals surface area contributed by atoms with Crippen LogP contribution in [0.15, 0.2) is 36.4 Å². The molecule has 2 aromatic carbocycles. The van der Waals surface area contributed by atoms with Crippen molar-refractivity contribution in [2.75, 3.05) is 13.2 Å². The van der Waals surface area contributed by atoms with Crippen LogP contribution in [-0.2, 0) is 22.5 Å². The third-order valence-corrected chi connectivity index (χ3v) is 5.65. The van der Waals surface area contributed by atoms with Crippen molar-refractivity contribution in [2.24, 2.45) is 0 Å². The van der Waals surface area contributed by atoms with Crippen molar-refractivity contribution in [3.63, 3.8) is 0 Å². The lowest BCUT2D eigenvalue weighted by atomic mass is 9.87. The van der Waals surface area contributed by atoms with E-state index in [0.717, 1.165) is 11.1 Å². The minimum atomic E-state index is -1.47. The number of benzene rings is 2. The normalized spacial score (nSPS) is 26.7. The van der Waals surface area contributed by atoms with E-state index in [-0.39, 0.29) is 12.4 Å². The van der Waals surface area contributed by atoms with Crippen LogP contribution in [0, 0.1) is 0 Å². The molecule has 0 aromatic heterocycles. The van der Waals surface area contributed by atoms with Crippen molar-refractivity contribution in [3.8, 4) is 5.75 Å². The summed E-state index contributed by atoms with van der Waals surface area (Å²) in [7, 11) is 0. The van der Waals surface area contributed by atoms with Crippen LogP contribution in [0.4, 0.5) is 0 Å². The van der Waals surface area contributed by atoms with Crippen LogP contribution in [0.2, 0.25) is 5.02 Å². The molecule has 0 spiro atoms. The molecule has 30 heavy (non-hydrogen) atoms. The molecule has 1 heterocycles. The van der Waals surface area contributed by atoms with Crippen LogP contribution in [0.25, 0.3) is 0 Å². The van der Waals surface area contributed by atoms with Crippen LogP contribution in [0.5, 0.6) is 5.75 Å². The van der Waals surface area contributed by atoms with E-state index in [0.29, 0.717) is 29.2 Å². The number of hydrogen-bond acceptors (Lipinski definition) is 7. The summed E-state index contributed by atoms with van der Waals surface area (Å²) in [6.45, 7) is 2.05. The van der Waals surface area contributed by atoms with Gasteiger partial charge in [0.25, 0.3) is 0 Å². The standard InChI is InChI=1S/C22H27ClO7/c1-2-29-11-14-9-17(23)13(7-12-3-5-15(25)6-4-12)8-16(14)22-21(28)20(27)19(26)18(10-24)30-22/h3-6,8-9,18-22,24-28H,2,7,10-11H2,1H3/t18-,19-,20+,21-,22+/m1/s1. The molecule has 8 heteroatoms. The Hall–Kier alpha value is -1.71. The number of halogens is 1. The number of aromatic hydroxyl groups is 1. The molecular weight excluding hydrogens is 412 g/mol. The first-order chi connectivity index (χ1) is 14.3. The highest BCUT2D eigenvalue weighted by Crippen LogP contribution is 2.37. The summed E-state index contributed by atoms with van der Waals surface area (Å²) in [5.74, 6) is 0.166. The quantitative estimate of drug-likeness (QED) is 0.446. The molecule has 1 saturated heterocycles. The fourth-order valence-electron chi connectivity index (χ4n) is 3.61. The summed E-state index contributed by atoms with van der Waals surface area (Å²) < 4.78 is 11.3. The van der Waals surface area contributed by atoms with Crippen molar-refractivity contribution >= 4 is 11.6 Å². The summed E-state index contributed by atoms with van der Waals surface area (Å²) in [6, 6.07) is 10.3. The first-order valence-corrected chi connectivity index (χ1v) is 10.2. The molecule has 0 saturated carbocycles. The van der Waals surface area contributed by atoms with Gasteiger partial charge in [0.15, 0.2) is 0 Å². The molecule has 0 bridgehead atoms. The van der Waals surface area contributed by atoms with Crippen LogP contribution >= 0.6 is 11.6 Å². The Kier molecular flexibility index (Phi) is 7.70. The van der Waals surface area contributed by atoms with Gasteiger partial charge in [-0.15, -0.1) is 0 Å². The number of phenols is 1. The molecular formula is C22H27ClO7. The highest BCUT2D eigenvalue weighted by Gasteiger charge is 2.44. The first-order valence-electron chi connectivity index (χ1n) is 9.83. The fraction of sp³-hybridized carbons (Fsp3) is 0.455. The van der Waals surface area contributed by atoms with Gasteiger partial charge in [-0.25, -0.2) is 0 Å². The molecule has 0 unspecified atom stereocenters. The minimum absolute atomic E-state index is 0.166. The van der Waals surface area contributed by atoms with E-state index in [1.165, 1.54) is 0 Å². The monoisotopic (exact) mass is 438 g/mol. The van der Waals surface area contributed by atoms with Crippen molar-refractivity contribution in [1.82, 2.24) is 0 Å². The zero-order valence-corrected chi connectivity index (χ0v) is 17.4.